The van der Waals surface area contributed by atoms with Crippen molar-refractivity contribution in [3.63, 3.8) is 0 Å². The van der Waals surface area contributed by atoms with Crippen molar-refractivity contribution in [2.75, 3.05) is 0 Å². The van der Waals surface area contributed by atoms with Crippen LogP contribution in [0.5, 0.6) is 0 Å². The first kappa shape index (κ1) is 59.1. The summed E-state index contributed by atoms with van der Waals surface area (Å²) in [5.41, 5.74) is 11.3. The molecule has 4 aromatic heterocycles. The number of hydrogen-bond donors (Lipinski definition) is 0. The minimum Gasteiger partial charge on any atom is -0.289 e. The molecular weight excluding hydrogens is 1220 g/mol. The van der Waals surface area contributed by atoms with Gasteiger partial charge in [-0.05, 0) is 58.7 Å². The molecule has 17 rings (SSSR count). The van der Waals surface area contributed by atoms with Crippen LogP contribution >= 0.6 is 0 Å². The topological polar surface area (TPSA) is 172 Å². The van der Waals surface area contributed by atoms with E-state index in [1.165, 1.54) is 0 Å². The molecule has 0 spiro atoms. The van der Waals surface area contributed by atoms with Crippen molar-refractivity contribution >= 4 is 5.78 Å². The highest BCUT2D eigenvalue weighted by molar-refractivity contribution is 6.14. The van der Waals surface area contributed by atoms with E-state index in [-0.39, 0.29) is 5.78 Å². The zero-order valence-electron chi connectivity index (χ0n) is 53.0. The lowest BCUT2D eigenvalue weighted by atomic mass is 9.59. The van der Waals surface area contributed by atoms with Gasteiger partial charge in [-0.3, -0.25) is 4.79 Å². The number of ketones is 1. The van der Waals surface area contributed by atoms with Crippen LogP contribution in [0.1, 0.15) is 38.2 Å². The number of nitrogens with zero attached hydrogens (tertiary/aromatic N) is 12. The molecule has 1 aliphatic carbocycles. The molecule has 16 aromatic rings. The second-order valence-electron chi connectivity index (χ2n) is 23.9. The number of benzene rings is 12. The molecule has 464 valence electrons. The lowest BCUT2D eigenvalue weighted by Gasteiger charge is -2.42. The van der Waals surface area contributed by atoms with E-state index in [2.05, 4.69) is 36.4 Å². The highest BCUT2D eigenvalue weighted by atomic mass is 16.1. The molecule has 0 saturated heterocycles. The van der Waals surface area contributed by atoms with Crippen molar-refractivity contribution in [3.05, 3.63) is 361 Å². The van der Waals surface area contributed by atoms with Gasteiger partial charge >= 0.3 is 0 Å². The largest absolute Gasteiger partial charge is 0.289 e. The van der Waals surface area contributed by atoms with Gasteiger partial charge in [0.05, 0.1) is 5.41 Å². The van der Waals surface area contributed by atoms with Gasteiger partial charge in [-0.15, -0.1) is 0 Å². The van der Waals surface area contributed by atoms with E-state index in [0.29, 0.717) is 126 Å². The first-order chi connectivity index (χ1) is 48.9. The predicted molar refractivity (Wildman–Crippen MR) is 387 cm³/mol. The van der Waals surface area contributed by atoms with Crippen molar-refractivity contribution in [1.29, 1.82) is 0 Å². The highest BCUT2D eigenvalue weighted by Gasteiger charge is 2.47. The van der Waals surface area contributed by atoms with Gasteiger partial charge in [-0.1, -0.05) is 291 Å². The van der Waals surface area contributed by atoms with Gasteiger partial charge in [-0.25, -0.2) is 59.8 Å². The molecule has 0 saturated carbocycles. The zero-order chi connectivity index (χ0) is 66.1. The molecule has 13 heteroatoms. The summed E-state index contributed by atoms with van der Waals surface area (Å²) in [5.74, 6) is 5.16. The molecule has 4 heterocycles. The van der Waals surface area contributed by atoms with Crippen LogP contribution in [0.4, 0.5) is 0 Å². The van der Waals surface area contributed by atoms with Crippen LogP contribution in [0, 0.1) is 0 Å². The normalized spacial score (nSPS) is 12.1. The average molecular weight is 1270 g/mol. The van der Waals surface area contributed by atoms with Crippen molar-refractivity contribution in [2.24, 2.45) is 0 Å². The summed E-state index contributed by atoms with van der Waals surface area (Å²) >= 11 is 0. The maximum Gasteiger partial charge on any atom is 0.193 e. The Kier molecular flexibility index (Phi) is 15.3. The molecular formula is C86H54N12O. The number of carbonyl (C=O) groups is 1. The van der Waals surface area contributed by atoms with Crippen LogP contribution < -0.4 is 0 Å². The average Bonchev–Trinajstić information content (AvgIpc) is 0.695. The SMILES string of the molecule is O=C1c2ccccc2C(c2cc(-c3nc(-c4ccccc4)nc(-c4ccccc4)n3)cc(-c3nc(-c4ccccc4)nc(-c4ccccc4)n3)c2)(c2cc(-c3nc(-c4ccccc4)nc(-c4ccccc4)n3)cc(-c3nc(-c4ccccc4)nc(-c4ccccc4)n3)c2)c2ccccc21. The van der Waals surface area contributed by atoms with Crippen LogP contribution in [0.15, 0.2) is 328 Å². The Labute approximate surface area is 570 Å². The Bertz CT molecular complexity index is 4810. The summed E-state index contributed by atoms with van der Waals surface area (Å²) in [7, 11) is 0. The predicted octanol–water partition coefficient (Wildman–Crippen LogP) is 18.4. The Morgan fingerprint density at radius 3 is 0.525 bits per heavy atom. The fourth-order valence-electron chi connectivity index (χ4n) is 13.1. The number of hydrogen-bond acceptors (Lipinski definition) is 13. The first-order valence-corrected chi connectivity index (χ1v) is 32.5. The maximum absolute atomic E-state index is 15.7. The maximum atomic E-state index is 15.7. The van der Waals surface area contributed by atoms with Crippen molar-refractivity contribution < 1.29 is 4.79 Å². The summed E-state index contributed by atoms with van der Waals surface area (Å²) < 4.78 is 0. The van der Waals surface area contributed by atoms with Gasteiger partial charge in [0, 0.05) is 77.9 Å². The van der Waals surface area contributed by atoms with Crippen molar-refractivity contribution in [3.8, 4) is 137 Å². The summed E-state index contributed by atoms with van der Waals surface area (Å²) in [6, 6.07) is 108. The van der Waals surface area contributed by atoms with Gasteiger partial charge < -0.3 is 0 Å². The number of fused-ring (bicyclic) bond motifs is 2. The summed E-state index contributed by atoms with van der Waals surface area (Å²) in [5, 5.41) is 0. The molecule has 0 fully saturated rings. The lowest BCUT2D eigenvalue weighted by Crippen LogP contribution is -2.38. The Balaban J connectivity index is 1.02. The van der Waals surface area contributed by atoms with Crippen LogP contribution in [0.2, 0.25) is 0 Å². The Morgan fingerprint density at radius 1 is 0.172 bits per heavy atom. The van der Waals surface area contributed by atoms with Crippen molar-refractivity contribution in [2.45, 2.75) is 5.41 Å². The van der Waals surface area contributed by atoms with E-state index < -0.39 is 5.41 Å². The quantitative estimate of drug-likeness (QED) is 0.101. The second kappa shape index (κ2) is 25.6. The summed E-state index contributed by atoms with van der Waals surface area (Å²) in [6.45, 7) is 0. The fourth-order valence-corrected chi connectivity index (χ4v) is 13.1. The van der Waals surface area contributed by atoms with Gasteiger partial charge in [0.2, 0.25) is 0 Å². The van der Waals surface area contributed by atoms with Gasteiger partial charge in [0.1, 0.15) is 0 Å². The fraction of sp³-hybridized carbons (Fsp3) is 0.0116. The van der Waals surface area contributed by atoms with Crippen LogP contribution in [0.25, 0.3) is 137 Å². The monoisotopic (exact) mass is 1270 g/mol. The molecule has 0 atom stereocenters. The molecule has 0 aliphatic heterocycles. The molecule has 0 N–H and O–H groups in total. The lowest BCUT2D eigenvalue weighted by molar-refractivity contribution is 0.103. The summed E-state index contributed by atoms with van der Waals surface area (Å²) in [4.78, 5) is 79.6. The number of carbonyl (C=O) groups excluding carboxylic acids is 1. The number of rotatable bonds is 14. The van der Waals surface area contributed by atoms with E-state index in [4.69, 9.17) is 59.8 Å². The molecule has 1 aliphatic rings. The van der Waals surface area contributed by atoms with Crippen LogP contribution in [-0.4, -0.2) is 65.6 Å². The van der Waals surface area contributed by atoms with Gasteiger partial charge in [0.25, 0.3) is 0 Å². The molecule has 0 bridgehead atoms. The van der Waals surface area contributed by atoms with E-state index in [9.17, 15) is 0 Å². The molecule has 0 unspecified atom stereocenters. The second-order valence-corrected chi connectivity index (χ2v) is 23.9. The van der Waals surface area contributed by atoms with Gasteiger partial charge in [0.15, 0.2) is 75.7 Å². The van der Waals surface area contributed by atoms with Crippen molar-refractivity contribution in [1.82, 2.24) is 59.8 Å². The molecule has 0 amide bonds. The number of aromatic nitrogens is 12. The smallest absolute Gasteiger partial charge is 0.193 e. The minimum atomic E-state index is -1.43. The van der Waals surface area contributed by atoms with E-state index >= 15 is 4.79 Å². The van der Waals surface area contributed by atoms with E-state index in [1.807, 2.05) is 291 Å². The van der Waals surface area contributed by atoms with Crippen LogP contribution in [0.3, 0.4) is 0 Å². The van der Waals surface area contributed by atoms with E-state index in [0.717, 1.165) is 44.5 Å². The Hall–Kier alpha value is -13.7. The third-order valence-corrected chi connectivity index (χ3v) is 17.7. The van der Waals surface area contributed by atoms with E-state index in [1.54, 1.807) is 0 Å². The minimum absolute atomic E-state index is 0.130. The zero-order valence-corrected chi connectivity index (χ0v) is 53.0. The first-order valence-electron chi connectivity index (χ1n) is 32.5. The third-order valence-electron chi connectivity index (χ3n) is 17.7. The summed E-state index contributed by atoms with van der Waals surface area (Å²) in [6.07, 6.45) is 0. The Morgan fingerprint density at radius 2 is 0.333 bits per heavy atom. The molecule has 13 nitrogen and oxygen atoms in total. The third kappa shape index (κ3) is 11.4. The highest BCUT2D eigenvalue weighted by Crippen LogP contribution is 2.53. The molecule has 99 heavy (non-hydrogen) atoms. The van der Waals surface area contributed by atoms with Gasteiger partial charge in [-0.2, -0.15) is 0 Å². The molecule has 12 aromatic carbocycles. The standard InChI is InChI=1S/C86H54N12O/c99-73-69-45-25-27-47-71(69)86(72-48-28-26-46-70(72)73,67-51-63(82-91-74(55-29-9-1-10-30-55)87-75(92-82)56-31-11-2-12-32-56)49-64(52-67)83-93-76(57-33-13-3-14-34-57)88-77(94-83)58-35-15-4-16-36-58)68-53-65(84-95-78(59-37-17-5-18-38-59)89-79(96-84)60-39-19-6-20-40-60)50-66(54-68)85-97-80(61-41-21-7-22-42-61)90-81(98-85)62-43-23-8-24-44-62/h1-54H. The van der Waals surface area contributed by atoms with Crippen LogP contribution in [-0.2, 0) is 5.41 Å². The molecule has 0 radical (unpaired) electrons.